The summed E-state index contributed by atoms with van der Waals surface area (Å²) < 4.78 is 18.6. The van der Waals surface area contributed by atoms with Gasteiger partial charge in [-0.3, -0.25) is 0 Å². The van der Waals surface area contributed by atoms with Crippen molar-refractivity contribution in [2.75, 3.05) is 13.2 Å². The Hall–Kier alpha value is -0.240. The molecule has 0 aromatic rings. The first-order chi connectivity index (χ1) is 15.4. The molecule has 1 heterocycles. The second kappa shape index (κ2) is 16.4. The lowest BCUT2D eigenvalue weighted by Crippen LogP contribution is -2.66. The summed E-state index contributed by atoms with van der Waals surface area (Å²) in [6.07, 6.45) is 8.31. The van der Waals surface area contributed by atoms with Crippen LogP contribution in [0.2, 0.25) is 0 Å². The zero-order valence-electron chi connectivity index (χ0n) is 21.4. The van der Waals surface area contributed by atoms with E-state index >= 15 is 0 Å². The molecule has 0 spiro atoms. The van der Waals surface area contributed by atoms with E-state index in [9.17, 15) is 15.3 Å². The average molecular weight is 461 g/mol. The summed E-state index contributed by atoms with van der Waals surface area (Å²) in [6, 6.07) is 0. The van der Waals surface area contributed by atoms with Crippen molar-refractivity contribution in [2.24, 2.45) is 0 Å². The van der Waals surface area contributed by atoms with Crippen molar-refractivity contribution in [2.45, 2.75) is 154 Å². The van der Waals surface area contributed by atoms with E-state index < -0.39 is 36.1 Å². The van der Waals surface area contributed by atoms with Crippen LogP contribution in [0.5, 0.6) is 0 Å². The molecule has 0 aliphatic carbocycles. The fraction of sp³-hybridized carbons (Fsp3) is 1.00. The molecule has 5 atom stereocenters. The van der Waals surface area contributed by atoms with E-state index in [-0.39, 0.29) is 12.7 Å². The molecule has 1 unspecified atom stereocenters. The largest absolute Gasteiger partial charge is 0.394 e. The van der Waals surface area contributed by atoms with Crippen molar-refractivity contribution in [3.63, 3.8) is 0 Å². The highest BCUT2D eigenvalue weighted by Crippen LogP contribution is 2.37. The van der Waals surface area contributed by atoms with Crippen LogP contribution < -0.4 is 0 Å². The lowest BCUT2D eigenvalue weighted by atomic mass is 9.81. The summed E-state index contributed by atoms with van der Waals surface area (Å²) in [4.78, 5) is 0. The lowest BCUT2D eigenvalue weighted by Gasteiger charge is -2.50. The molecule has 0 aromatic heterocycles. The monoisotopic (exact) mass is 460 g/mol. The second-order valence-electron chi connectivity index (χ2n) is 9.39. The standard InChI is InChI=1S/C26H52O6/c1-6-11-12-13-14-15-16-17-18-30-26(9-4,10-5)25-23(29)22(28)24(21(19-27)32-25)31-20(7-2)8-3/h20-25,27-29H,6-19H2,1-5H3/t21-,22-,23-,24-,25?/m1/s1. The van der Waals surface area contributed by atoms with Gasteiger partial charge in [-0.15, -0.1) is 0 Å². The summed E-state index contributed by atoms with van der Waals surface area (Å²) in [5, 5.41) is 31.9. The third kappa shape index (κ3) is 8.52. The molecule has 1 aliphatic rings. The van der Waals surface area contributed by atoms with Gasteiger partial charge < -0.3 is 29.5 Å². The van der Waals surface area contributed by atoms with Crippen molar-refractivity contribution in [1.29, 1.82) is 0 Å². The van der Waals surface area contributed by atoms with Crippen molar-refractivity contribution in [3.8, 4) is 0 Å². The maximum atomic E-state index is 11.0. The van der Waals surface area contributed by atoms with E-state index in [2.05, 4.69) is 6.92 Å². The fourth-order valence-electron chi connectivity index (χ4n) is 4.84. The van der Waals surface area contributed by atoms with Gasteiger partial charge in [-0.25, -0.2) is 0 Å². The Labute approximate surface area is 197 Å². The number of hydrogen-bond donors (Lipinski definition) is 3. The van der Waals surface area contributed by atoms with E-state index in [1.165, 1.54) is 38.5 Å². The van der Waals surface area contributed by atoms with Gasteiger partial charge in [0.05, 0.1) is 18.3 Å². The van der Waals surface area contributed by atoms with E-state index in [4.69, 9.17) is 14.2 Å². The molecule has 0 saturated carbocycles. The van der Waals surface area contributed by atoms with Gasteiger partial charge in [-0.05, 0) is 32.1 Å². The third-order valence-electron chi connectivity index (χ3n) is 7.23. The number of unbranched alkanes of at least 4 members (excludes halogenated alkanes) is 7. The van der Waals surface area contributed by atoms with E-state index in [1.54, 1.807) is 0 Å². The first-order valence-electron chi connectivity index (χ1n) is 13.4. The van der Waals surface area contributed by atoms with Gasteiger partial charge in [0.15, 0.2) is 0 Å². The SMILES string of the molecule is CCCCCCCCCCOC(CC)(CC)C1O[C@H](CO)[C@@H](OC(CC)CC)[C@H](O)[C@H]1O. The van der Waals surface area contributed by atoms with E-state index in [1.807, 2.05) is 27.7 Å². The zero-order chi connectivity index (χ0) is 24.0. The highest BCUT2D eigenvalue weighted by atomic mass is 16.6. The molecule has 3 N–H and O–H groups in total. The smallest absolute Gasteiger partial charge is 0.115 e. The number of hydrogen-bond acceptors (Lipinski definition) is 6. The lowest BCUT2D eigenvalue weighted by molar-refractivity contribution is -0.292. The molecule has 6 heteroatoms. The van der Waals surface area contributed by atoms with Gasteiger partial charge in [-0.1, -0.05) is 79.6 Å². The Bertz CT molecular complexity index is 450. The quantitative estimate of drug-likeness (QED) is 0.256. The van der Waals surface area contributed by atoms with Crippen LogP contribution in [0.3, 0.4) is 0 Å². The maximum Gasteiger partial charge on any atom is 0.115 e. The van der Waals surface area contributed by atoms with Crippen LogP contribution in [0.15, 0.2) is 0 Å². The van der Waals surface area contributed by atoms with Gasteiger partial charge in [0.25, 0.3) is 0 Å². The molecule has 1 saturated heterocycles. The summed E-state index contributed by atoms with van der Waals surface area (Å²) in [5.74, 6) is 0. The van der Waals surface area contributed by atoms with Crippen molar-refractivity contribution in [3.05, 3.63) is 0 Å². The Morgan fingerprint density at radius 3 is 1.88 bits per heavy atom. The Morgan fingerprint density at radius 1 is 0.812 bits per heavy atom. The highest BCUT2D eigenvalue weighted by molar-refractivity contribution is 5.02. The van der Waals surface area contributed by atoms with E-state index in [0.717, 1.165) is 25.7 Å². The van der Waals surface area contributed by atoms with Crippen LogP contribution in [0, 0.1) is 0 Å². The summed E-state index contributed by atoms with van der Waals surface area (Å²) in [5.41, 5.74) is -0.700. The first-order valence-corrected chi connectivity index (χ1v) is 13.4. The van der Waals surface area contributed by atoms with Crippen molar-refractivity contribution < 1.29 is 29.5 Å². The average Bonchev–Trinajstić information content (AvgIpc) is 2.82. The predicted molar refractivity (Wildman–Crippen MR) is 129 cm³/mol. The second-order valence-corrected chi connectivity index (χ2v) is 9.39. The summed E-state index contributed by atoms with van der Waals surface area (Å²) >= 11 is 0. The number of aliphatic hydroxyl groups excluding tert-OH is 3. The van der Waals surface area contributed by atoms with Gasteiger partial charge in [0.1, 0.15) is 30.5 Å². The molecule has 32 heavy (non-hydrogen) atoms. The number of ether oxygens (including phenoxy) is 3. The molecule has 192 valence electrons. The Morgan fingerprint density at radius 2 is 1.38 bits per heavy atom. The zero-order valence-corrected chi connectivity index (χ0v) is 21.4. The number of rotatable bonds is 18. The first kappa shape index (κ1) is 29.8. The molecule has 1 aliphatic heterocycles. The normalized spacial score (nSPS) is 26.7. The minimum absolute atomic E-state index is 0.0450. The van der Waals surface area contributed by atoms with Crippen LogP contribution >= 0.6 is 0 Å². The van der Waals surface area contributed by atoms with Crippen LogP contribution in [0.1, 0.15) is 112 Å². The summed E-state index contributed by atoms with van der Waals surface area (Å²) in [6.45, 7) is 10.7. The Balaban J connectivity index is 2.69. The predicted octanol–water partition coefficient (Wildman–Crippen LogP) is 4.76. The molecule has 0 bridgehead atoms. The van der Waals surface area contributed by atoms with Gasteiger partial charge in [0, 0.05) is 6.61 Å². The van der Waals surface area contributed by atoms with Crippen LogP contribution in [0.25, 0.3) is 0 Å². The van der Waals surface area contributed by atoms with Gasteiger partial charge >= 0.3 is 0 Å². The van der Waals surface area contributed by atoms with Gasteiger partial charge in [0.2, 0.25) is 0 Å². The van der Waals surface area contributed by atoms with Gasteiger partial charge in [-0.2, -0.15) is 0 Å². The van der Waals surface area contributed by atoms with E-state index in [0.29, 0.717) is 19.4 Å². The summed E-state index contributed by atoms with van der Waals surface area (Å²) in [7, 11) is 0. The topological polar surface area (TPSA) is 88.4 Å². The minimum Gasteiger partial charge on any atom is -0.394 e. The molecule has 0 aromatic carbocycles. The molecule has 1 rings (SSSR count). The molecule has 0 radical (unpaired) electrons. The molecular formula is C26H52O6. The fourth-order valence-corrected chi connectivity index (χ4v) is 4.84. The van der Waals surface area contributed by atoms with Crippen LogP contribution in [0.4, 0.5) is 0 Å². The van der Waals surface area contributed by atoms with Crippen molar-refractivity contribution in [1.82, 2.24) is 0 Å². The maximum absolute atomic E-state index is 11.0. The molecule has 1 fully saturated rings. The van der Waals surface area contributed by atoms with Crippen LogP contribution in [-0.4, -0.2) is 70.8 Å². The third-order valence-corrected chi connectivity index (χ3v) is 7.23. The minimum atomic E-state index is -1.13. The molecule has 6 nitrogen and oxygen atoms in total. The molecular weight excluding hydrogens is 408 g/mol. The number of aliphatic hydroxyl groups is 3. The Kier molecular flexibility index (Phi) is 15.3. The van der Waals surface area contributed by atoms with Crippen LogP contribution in [-0.2, 0) is 14.2 Å². The highest BCUT2D eigenvalue weighted by Gasteiger charge is 2.53. The van der Waals surface area contributed by atoms with Crippen molar-refractivity contribution >= 4 is 0 Å². The molecule has 0 amide bonds.